The number of hydrogen-bond donors (Lipinski definition) is 0. The summed E-state index contributed by atoms with van der Waals surface area (Å²) in [6, 6.07) is 2.34. The van der Waals surface area contributed by atoms with Crippen LogP contribution in [-0.2, 0) is 21.7 Å². The molecule has 0 radical (unpaired) electrons. The van der Waals surface area contributed by atoms with Crippen molar-refractivity contribution < 1.29 is 21.7 Å². The monoisotopic (exact) mass is 578 g/mol. The molecule has 0 N–H and O–H groups in total. The predicted molar refractivity (Wildman–Crippen MR) is 171 cm³/mol. The smallest absolute Gasteiger partial charge is 0.668 e. The Kier molecular flexibility index (Phi) is 26.2. The maximum Gasteiger partial charge on any atom is 4.00 e. The molecule has 0 atom stereocenters. The predicted octanol–water partition coefficient (Wildman–Crippen LogP) is 10.1. The Labute approximate surface area is 258 Å². The molecule has 0 heterocycles. The molecule has 4 aliphatic rings. The van der Waals surface area contributed by atoms with Crippen molar-refractivity contribution >= 4 is 11.7 Å². The van der Waals surface area contributed by atoms with Gasteiger partial charge in [-0.1, -0.05) is 140 Å². The standard InChI is InChI=1S/2C14H25N2.2C2H6N.Ti/c2*1-12(15-13-8-4-2-5-9-13)16-14-10-6-3-7-11-14;2*1-3-2;/h2*13-14H,2-11H2,1H3;2*1-2H3;/q4*-1;+4. The second-order valence-corrected chi connectivity index (χ2v) is 11.7. The molecule has 4 rings (SSSR count). The fourth-order valence-corrected chi connectivity index (χ4v) is 5.96. The van der Waals surface area contributed by atoms with Crippen LogP contribution in [0.15, 0.2) is 9.98 Å². The van der Waals surface area contributed by atoms with Crippen LogP contribution >= 0.6 is 0 Å². The number of rotatable bonds is 4. The summed E-state index contributed by atoms with van der Waals surface area (Å²) in [6.07, 6.45) is 26.9. The third kappa shape index (κ3) is 21.0. The van der Waals surface area contributed by atoms with Crippen LogP contribution in [0.3, 0.4) is 0 Å². The second-order valence-electron chi connectivity index (χ2n) is 11.7. The molecule has 39 heavy (non-hydrogen) atoms. The normalized spacial score (nSPS) is 22.0. The van der Waals surface area contributed by atoms with E-state index in [0.29, 0.717) is 24.2 Å². The molecule has 7 heteroatoms. The minimum absolute atomic E-state index is 0. The van der Waals surface area contributed by atoms with Crippen molar-refractivity contribution in [2.45, 2.75) is 166 Å². The Morgan fingerprint density at radius 1 is 0.436 bits per heavy atom. The van der Waals surface area contributed by atoms with Gasteiger partial charge >= 0.3 is 21.7 Å². The Morgan fingerprint density at radius 2 is 0.667 bits per heavy atom. The van der Waals surface area contributed by atoms with Gasteiger partial charge in [0, 0.05) is 0 Å². The van der Waals surface area contributed by atoms with E-state index in [9.17, 15) is 0 Å². The molecule has 4 fully saturated rings. The zero-order valence-corrected chi connectivity index (χ0v) is 28.2. The van der Waals surface area contributed by atoms with E-state index in [-0.39, 0.29) is 21.7 Å². The van der Waals surface area contributed by atoms with Crippen molar-refractivity contribution in [2.75, 3.05) is 28.2 Å². The first-order valence-corrected chi connectivity index (χ1v) is 16.0. The van der Waals surface area contributed by atoms with Gasteiger partial charge in [-0.3, -0.25) is 0 Å². The first-order valence-electron chi connectivity index (χ1n) is 16.0. The van der Waals surface area contributed by atoms with Gasteiger partial charge in [0.05, 0.1) is 0 Å². The van der Waals surface area contributed by atoms with Gasteiger partial charge in [-0.25, -0.2) is 0 Å². The summed E-state index contributed by atoms with van der Waals surface area (Å²) in [5, 5.41) is 16.6. The molecule has 0 aromatic carbocycles. The van der Waals surface area contributed by atoms with E-state index in [1.54, 1.807) is 28.2 Å². The topological polar surface area (TPSA) is 81.1 Å². The van der Waals surface area contributed by atoms with E-state index in [0.717, 1.165) is 11.7 Å². The maximum atomic E-state index is 4.78. The first-order chi connectivity index (χ1) is 18.5. The molecular formula is C32H62N6Ti. The number of aliphatic imine (C=N–C) groups is 2. The molecule has 6 nitrogen and oxygen atoms in total. The number of amidine groups is 2. The van der Waals surface area contributed by atoms with Crippen molar-refractivity contribution in [3.05, 3.63) is 21.3 Å². The molecule has 0 bridgehead atoms. The largest absolute Gasteiger partial charge is 4.00 e. The van der Waals surface area contributed by atoms with Gasteiger partial charge in [-0.15, -0.1) is 0 Å². The minimum Gasteiger partial charge on any atom is -0.668 e. The van der Waals surface area contributed by atoms with Crippen LogP contribution < -0.4 is 0 Å². The van der Waals surface area contributed by atoms with Gasteiger partial charge in [0.2, 0.25) is 0 Å². The summed E-state index contributed by atoms with van der Waals surface area (Å²) >= 11 is 0. The molecule has 4 saturated carbocycles. The molecule has 0 aromatic heterocycles. The summed E-state index contributed by atoms with van der Waals surface area (Å²) < 4.78 is 0. The molecule has 0 spiro atoms. The van der Waals surface area contributed by atoms with E-state index >= 15 is 0 Å². The summed E-state index contributed by atoms with van der Waals surface area (Å²) in [6.45, 7) is 4.20. The Bertz CT molecular complexity index is 535. The van der Waals surface area contributed by atoms with Gasteiger partial charge in [0.15, 0.2) is 0 Å². The van der Waals surface area contributed by atoms with E-state index in [2.05, 4.69) is 24.5 Å². The van der Waals surface area contributed by atoms with Gasteiger partial charge in [0.25, 0.3) is 0 Å². The quantitative estimate of drug-likeness (QED) is 0.181. The third-order valence-corrected chi connectivity index (χ3v) is 7.78. The van der Waals surface area contributed by atoms with Crippen molar-refractivity contribution in [1.82, 2.24) is 0 Å². The second kappa shape index (κ2) is 26.5. The fourth-order valence-electron chi connectivity index (χ4n) is 5.96. The molecule has 0 aliphatic heterocycles. The van der Waals surface area contributed by atoms with Gasteiger partial charge < -0.3 is 31.3 Å². The zero-order chi connectivity index (χ0) is 27.8. The average Bonchev–Trinajstić information content (AvgIpc) is 2.92. The van der Waals surface area contributed by atoms with Crippen LogP contribution in [0.4, 0.5) is 0 Å². The van der Waals surface area contributed by atoms with Crippen molar-refractivity contribution in [3.8, 4) is 0 Å². The molecule has 224 valence electrons. The summed E-state index contributed by atoms with van der Waals surface area (Å²) in [5.74, 6) is 2.14. The van der Waals surface area contributed by atoms with Crippen molar-refractivity contribution in [2.24, 2.45) is 9.98 Å². The van der Waals surface area contributed by atoms with Crippen LogP contribution in [-0.4, -0.2) is 64.0 Å². The summed E-state index contributed by atoms with van der Waals surface area (Å²) in [5.41, 5.74) is 0. The summed E-state index contributed by atoms with van der Waals surface area (Å²) in [4.78, 5) is 9.56. The van der Waals surface area contributed by atoms with E-state index in [4.69, 9.17) is 20.6 Å². The number of nitrogens with zero attached hydrogens (tertiary/aromatic N) is 6. The maximum absolute atomic E-state index is 4.78. The van der Waals surface area contributed by atoms with Crippen LogP contribution in [0.2, 0.25) is 0 Å². The first kappa shape index (κ1) is 38.6. The van der Waals surface area contributed by atoms with Crippen LogP contribution in [0.5, 0.6) is 0 Å². The Hall–Kier alpha value is -0.426. The van der Waals surface area contributed by atoms with E-state index in [1.165, 1.54) is 128 Å². The molecule has 0 unspecified atom stereocenters. The summed E-state index contributed by atoms with van der Waals surface area (Å²) in [7, 11) is 7.00. The van der Waals surface area contributed by atoms with Gasteiger partial charge in [0.1, 0.15) is 0 Å². The third-order valence-electron chi connectivity index (χ3n) is 7.78. The van der Waals surface area contributed by atoms with Crippen LogP contribution in [0.25, 0.3) is 21.3 Å². The van der Waals surface area contributed by atoms with Gasteiger partial charge in [-0.05, 0) is 38.0 Å². The SMILES string of the molecule is CC(=NC1CCCCC1)[N-]C1CCCCC1.CC(=NC1CCCCC1)[N-]C1CCCCC1.C[N-]C.C[N-]C.[Ti+4]. The molecule has 0 saturated heterocycles. The fraction of sp³-hybridized carbons (Fsp3) is 0.938. The van der Waals surface area contributed by atoms with E-state index < -0.39 is 0 Å². The Morgan fingerprint density at radius 3 is 0.923 bits per heavy atom. The molecule has 0 aromatic rings. The van der Waals surface area contributed by atoms with Crippen LogP contribution in [0.1, 0.15) is 142 Å². The van der Waals surface area contributed by atoms with Crippen LogP contribution in [0, 0.1) is 0 Å². The average molecular weight is 579 g/mol. The zero-order valence-electron chi connectivity index (χ0n) is 26.6. The van der Waals surface area contributed by atoms with Crippen molar-refractivity contribution in [1.29, 1.82) is 0 Å². The molecule has 0 amide bonds. The van der Waals surface area contributed by atoms with Crippen molar-refractivity contribution in [3.63, 3.8) is 0 Å². The van der Waals surface area contributed by atoms with E-state index in [1.807, 2.05) is 0 Å². The molecule has 4 aliphatic carbocycles. The Balaban J connectivity index is 0.000000604. The minimum atomic E-state index is 0. The van der Waals surface area contributed by atoms with Gasteiger partial charge in [-0.2, -0.15) is 28.2 Å². The number of hydrogen-bond acceptors (Lipinski definition) is 2. The molecular weight excluding hydrogens is 516 g/mol.